The van der Waals surface area contributed by atoms with Crippen LogP contribution in [0.1, 0.15) is 23.5 Å². The highest BCUT2D eigenvalue weighted by Gasteiger charge is 2.35. The van der Waals surface area contributed by atoms with Gasteiger partial charge in [0.25, 0.3) is 0 Å². The maximum absolute atomic E-state index is 12.3. The van der Waals surface area contributed by atoms with Gasteiger partial charge in [0, 0.05) is 31.5 Å². The van der Waals surface area contributed by atoms with Crippen molar-refractivity contribution in [3.8, 4) is 11.1 Å². The molecule has 0 unspecified atom stereocenters. The summed E-state index contributed by atoms with van der Waals surface area (Å²) in [5.74, 6) is 0.0873. The van der Waals surface area contributed by atoms with Crippen LogP contribution in [0.25, 0.3) is 11.1 Å². The number of benzene rings is 2. The van der Waals surface area contributed by atoms with E-state index >= 15 is 0 Å². The number of nitrogens with one attached hydrogen (secondary N) is 2. The van der Waals surface area contributed by atoms with E-state index in [1.165, 1.54) is 22.3 Å². The van der Waals surface area contributed by atoms with Crippen molar-refractivity contribution in [2.24, 2.45) is 5.41 Å². The molecule has 1 saturated heterocycles. The van der Waals surface area contributed by atoms with Crippen molar-refractivity contribution in [3.63, 3.8) is 0 Å². The van der Waals surface area contributed by atoms with E-state index in [2.05, 4.69) is 47.0 Å². The van der Waals surface area contributed by atoms with E-state index in [-0.39, 0.29) is 17.4 Å². The minimum atomic E-state index is -0.362. The number of amides is 1. The molecule has 1 atom stereocenters. The molecule has 1 aliphatic heterocycles. The summed E-state index contributed by atoms with van der Waals surface area (Å²) in [6.45, 7) is 3.34. The van der Waals surface area contributed by atoms with Crippen molar-refractivity contribution in [1.82, 2.24) is 10.6 Å². The highest BCUT2D eigenvalue weighted by molar-refractivity contribution is 5.79. The number of rotatable bonds is 6. The van der Waals surface area contributed by atoms with Crippen LogP contribution in [0.4, 0.5) is 4.79 Å². The molecule has 1 heterocycles. The van der Waals surface area contributed by atoms with Crippen LogP contribution in [0.15, 0.2) is 48.5 Å². The highest BCUT2D eigenvalue weighted by atomic mass is 16.5. The van der Waals surface area contributed by atoms with Gasteiger partial charge in [0.1, 0.15) is 6.61 Å². The van der Waals surface area contributed by atoms with Gasteiger partial charge in [-0.3, -0.25) is 0 Å². The van der Waals surface area contributed by atoms with Gasteiger partial charge in [-0.25, -0.2) is 4.79 Å². The van der Waals surface area contributed by atoms with E-state index in [0.29, 0.717) is 19.8 Å². The lowest BCUT2D eigenvalue weighted by atomic mass is 9.88. The Kier molecular flexibility index (Phi) is 5.14. The lowest BCUT2D eigenvalue weighted by Crippen LogP contribution is -2.42. The molecule has 1 aliphatic carbocycles. The second kappa shape index (κ2) is 7.71. The van der Waals surface area contributed by atoms with Gasteiger partial charge in [0.05, 0.1) is 6.61 Å². The first-order valence-electron chi connectivity index (χ1n) is 9.51. The number of ether oxygens (including phenoxy) is 2. The molecule has 1 amide bonds. The maximum Gasteiger partial charge on any atom is 0.407 e. The first-order chi connectivity index (χ1) is 13.2. The molecule has 5 nitrogen and oxygen atoms in total. The predicted octanol–water partition coefficient (Wildman–Crippen LogP) is 3.15. The summed E-state index contributed by atoms with van der Waals surface area (Å²) in [6.07, 6.45) is 0.629. The number of carbonyl (C=O) groups excluding carboxylic acids is 1. The Balaban J connectivity index is 1.39. The molecule has 1 fully saturated rings. The number of carbonyl (C=O) groups is 1. The van der Waals surface area contributed by atoms with Gasteiger partial charge in [-0.15, -0.1) is 0 Å². The number of hydrogen-bond acceptors (Lipinski definition) is 4. The zero-order valence-electron chi connectivity index (χ0n) is 15.7. The first kappa shape index (κ1) is 18.0. The van der Waals surface area contributed by atoms with Gasteiger partial charge in [-0.05, 0) is 35.2 Å². The predicted molar refractivity (Wildman–Crippen MR) is 105 cm³/mol. The Bertz CT molecular complexity index is 769. The summed E-state index contributed by atoms with van der Waals surface area (Å²) in [5.41, 5.74) is 4.88. The monoisotopic (exact) mass is 366 g/mol. The summed E-state index contributed by atoms with van der Waals surface area (Å²) in [4.78, 5) is 12.3. The van der Waals surface area contributed by atoms with Gasteiger partial charge in [-0.2, -0.15) is 0 Å². The van der Waals surface area contributed by atoms with E-state index in [0.717, 1.165) is 19.5 Å². The third-order valence-corrected chi connectivity index (χ3v) is 5.73. The van der Waals surface area contributed by atoms with Crippen LogP contribution >= 0.6 is 0 Å². The summed E-state index contributed by atoms with van der Waals surface area (Å²) < 4.78 is 11.0. The van der Waals surface area contributed by atoms with Gasteiger partial charge >= 0.3 is 6.09 Å². The summed E-state index contributed by atoms with van der Waals surface area (Å²) >= 11 is 0. The molecule has 2 aromatic carbocycles. The smallest absolute Gasteiger partial charge is 0.407 e. The summed E-state index contributed by atoms with van der Waals surface area (Å²) in [6, 6.07) is 16.7. The fourth-order valence-electron chi connectivity index (χ4n) is 4.34. The quantitative estimate of drug-likeness (QED) is 0.825. The largest absolute Gasteiger partial charge is 0.449 e. The van der Waals surface area contributed by atoms with Crippen molar-refractivity contribution >= 4 is 6.09 Å². The third-order valence-electron chi connectivity index (χ3n) is 5.73. The molecule has 4 rings (SSSR count). The standard InChI is InChI=1S/C22H26N2O3/c1-26-15-22(10-11-23-13-22)14-24-21(25)27-12-20-18-8-4-2-6-16(18)17-7-3-5-9-19(17)20/h2-9,20,23H,10-15H2,1H3,(H,24,25)/t22-/m0/s1. The van der Waals surface area contributed by atoms with Crippen LogP contribution < -0.4 is 10.6 Å². The maximum atomic E-state index is 12.3. The van der Waals surface area contributed by atoms with Crippen LogP contribution in [0.3, 0.4) is 0 Å². The Morgan fingerprint density at radius 3 is 2.41 bits per heavy atom. The molecule has 0 saturated carbocycles. The fourth-order valence-corrected chi connectivity index (χ4v) is 4.34. The minimum absolute atomic E-state index is 0.0413. The molecule has 2 aromatic rings. The minimum Gasteiger partial charge on any atom is -0.449 e. The zero-order valence-corrected chi connectivity index (χ0v) is 15.7. The average molecular weight is 366 g/mol. The number of alkyl carbamates (subject to hydrolysis) is 1. The van der Waals surface area contributed by atoms with Crippen LogP contribution in [-0.2, 0) is 9.47 Å². The number of methoxy groups -OCH3 is 1. The van der Waals surface area contributed by atoms with Gasteiger partial charge in [-0.1, -0.05) is 48.5 Å². The van der Waals surface area contributed by atoms with Crippen LogP contribution in [-0.4, -0.2) is 46.1 Å². The molecule has 27 heavy (non-hydrogen) atoms. The van der Waals surface area contributed by atoms with E-state index in [9.17, 15) is 4.79 Å². The summed E-state index contributed by atoms with van der Waals surface area (Å²) in [5, 5.41) is 6.29. The number of fused-ring (bicyclic) bond motifs is 3. The van der Waals surface area contributed by atoms with E-state index in [4.69, 9.17) is 9.47 Å². The molecule has 2 N–H and O–H groups in total. The van der Waals surface area contributed by atoms with Gasteiger partial charge in [0.15, 0.2) is 0 Å². The molecule has 0 aromatic heterocycles. The van der Waals surface area contributed by atoms with Gasteiger partial charge in [0.2, 0.25) is 0 Å². The fraction of sp³-hybridized carbons (Fsp3) is 0.409. The highest BCUT2D eigenvalue weighted by Crippen LogP contribution is 2.44. The third kappa shape index (κ3) is 3.57. The normalized spacial score (nSPS) is 20.9. The van der Waals surface area contributed by atoms with E-state index in [1.807, 2.05) is 12.1 Å². The molecule has 5 heteroatoms. The van der Waals surface area contributed by atoms with Crippen molar-refractivity contribution in [2.75, 3.05) is 40.0 Å². The van der Waals surface area contributed by atoms with Gasteiger partial charge < -0.3 is 20.1 Å². The molecular formula is C22H26N2O3. The lowest BCUT2D eigenvalue weighted by molar-refractivity contribution is 0.0864. The van der Waals surface area contributed by atoms with Crippen LogP contribution in [0, 0.1) is 5.41 Å². The van der Waals surface area contributed by atoms with Crippen LogP contribution in [0.2, 0.25) is 0 Å². The molecule has 0 radical (unpaired) electrons. The Labute approximate surface area is 160 Å². The van der Waals surface area contributed by atoms with E-state index < -0.39 is 0 Å². The SMILES string of the molecule is COC[C@@]1(CNC(=O)OCC2c3ccccc3-c3ccccc32)CCNC1. The topological polar surface area (TPSA) is 59.6 Å². The molecule has 0 bridgehead atoms. The second-order valence-electron chi connectivity index (χ2n) is 7.54. The second-order valence-corrected chi connectivity index (χ2v) is 7.54. The molecular weight excluding hydrogens is 340 g/mol. The summed E-state index contributed by atoms with van der Waals surface area (Å²) in [7, 11) is 1.70. The Morgan fingerprint density at radius 2 is 1.81 bits per heavy atom. The van der Waals surface area contributed by atoms with Crippen molar-refractivity contribution in [1.29, 1.82) is 0 Å². The molecule has 142 valence electrons. The van der Waals surface area contributed by atoms with Crippen LogP contribution in [0.5, 0.6) is 0 Å². The Hall–Kier alpha value is -2.37. The molecule has 2 aliphatic rings. The number of hydrogen-bond donors (Lipinski definition) is 2. The Morgan fingerprint density at radius 1 is 1.15 bits per heavy atom. The van der Waals surface area contributed by atoms with Crippen molar-refractivity contribution in [2.45, 2.75) is 12.3 Å². The van der Waals surface area contributed by atoms with Crippen molar-refractivity contribution < 1.29 is 14.3 Å². The average Bonchev–Trinajstić information content (AvgIpc) is 3.28. The molecule has 0 spiro atoms. The lowest BCUT2D eigenvalue weighted by Gasteiger charge is -2.27. The first-order valence-corrected chi connectivity index (χ1v) is 9.51. The van der Waals surface area contributed by atoms with E-state index in [1.54, 1.807) is 7.11 Å². The zero-order chi connectivity index (χ0) is 18.7. The van der Waals surface area contributed by atoms with Crippen molar-refractivity contribution in [3.05, 3.63) is 59.7 Å².